The average molecular weight is 419 g/mol. The molecule has 1 amide bonds. The Labute approximate surface area is 184 Å². The zero-order valence-corrected chi connectivity index (χ0v) is 18.2. The van der Waals surface area contributed by atoms with Crippen LogP contribution in [0.15, 0.2) is 42.5 Å². The monoisotopic (exact) mass is 418 g/mol. The fourth-order valence-corrected chi connectivity index (χ4v) is 4.52. The van der Waals surface area contributed by atoms with Gasteiger partial charge in [0, 0.05) is 31.9 Å². The van der Waals surface area contributed by atoms with Crippen molar-refractivity contribution in [3.63, 3.8) is 0 Å². The molecule has 6 nitrogen and oxygen atoms in total. The van der Waals surface area contributed by atoms with E-state index in [1.807, 2.05) is 41.3 Å². The Bertz CT molecular complexity index is 951. The number of methoxy groups -OCH3 is 1. The molecule has 0 unspecified atom stereocenters. The maximum Gasteiger partial charge on any atom is 0.241 e. The number of nitriles is 1. The molecule has 0 N–H and O–H groups in total. The zero-order chi connectivity index (χ0) is 21.6. The van der Waals surface area contributed by atoms with Crippen LogP contribution in [0, 0.1) is 11.3 Å². The third-order valence-corrected chi connectivity index (χ3v) is 6.24. The van der Waals surface area contributed by atoms with E-state index >= 15 is 0 Å². The van der Waals surface area contributed by atoms with Crippen molar-refractivity contribution in [2.75, 3.05) is 51.3 Å². The molecule has 0 spiro atoms. The molecule has 0 saturated carbocycles. The van der Waals surface area contributed by atoms with Gasteiger partial charge in [-0.1, -0.05) is 12.1 Å². The van der Waals surface area contributed by atoms with Crippen LogP contribution in [0.5, 0.6) is 5.75 Å². The SMILES string of the molecule is COc1ccc2c(c1)CCCN2C(=O)CN1CCCN(Cc2ccc(C#N)cc2)CC1. The van der Waals surface area contributed by atoms with E-state index in [1.54, 1.807) is 7.11 Å². The number of rotatable bonds is 5. The second-order valence-electron chi connectivity index (χ2n) is 8.36. The van der Waals surface area contributed by atoms with Crippen molar-refractivity contribution in [2.45, 2.75) is 25.8 Å². The number of benzene rings is 2. The standard InChI is InChI=1S/C25H30N4O2/c1-31-23-9-10-24-22(16-23)4-2-13-29(24)25(30)19-28-12-3-11-27(14-15-28)18-21-7-5-20(17-26)6-8-21/h5-10,16H,2-4,11-15,18-19H2,1H3. The molecule has 2 aromatic rings. The molecule has 0 radical (unpaired) electrons. The smallest absolute Gasteiger partial charge is 0.241 e. The van der Waals surface area contributed by atoms with Crippen molar-refractivity contribution in [3.8, 4) is 11.8 Å². The number of carbonyl (C=O) groups excluding carboxylic acids is 1. The van der Waals surface area contributed by atoms with Crippen LogP contribution in [0.4, 0.5) is 5.69 Å². The van der Waals surface area contributed by atoms with Crippen molar-refractivity contribution < 1.29 is 9.53 Å². The summed E-state index contributed by atoms with van der Waals surface area (Å²) < 4.78 is 5.34. The lowest BCUT2D eigenvalue weighted by atomic mass is 10.0. The summed E-state index contributed by atoms with van der Waals surface area (Å²) in [6.45, 7) is 5.95. The van der Waals surface area contributed by atoms with Crippen molar-refractivity contribution in [2.24, 2.45) is 0 Å². The molecular formula is C25H30N4O2. The number of amides is 1. The molecule has 0 atom stereocenters. The van der Waals surface area contributed by atoms with Crippen LogP contribution in [-0.4, -0.2) is 62.1 Å². The summed E-state index contributed by atoms with van der Waals surface area (Å²) in [4.78, 5) is 19.8. The van der Waals surface area contributed by atoms with Gasteiger partial charge in [-0.25, -0.2) is 0 Å². The molecule has 162 valence electrons. The van der Waals surface area contributed by atoms with E-state index in [0.29, 0.717) is 12.1 Å². The molecule has 6 heteroatoms. The molecule has 2 aromatic carbocycles. The van der Waals surface area contributed by atoms with Gasteiger partial charge in [0.1, 0.15) is 5.75 Å². The van der Waals surface area contributed by atoms with Gasteiger partial charge >= 0.3 is 0 Å². The van der Waals surface area contributed by atoms with Crippen LogP contribution < -0.4 is 9.64 Å². The van der Waals surface area contributed by atoms with E-state index in [1.165, 1.54) is 11.1 Å². The number of nitrogens with zero attached hydrogens (tertiary/aromatic N) is 4. The van der Waals surface area contributed by atoms with Gasteiger partial charge in [-0.05, 0) is 73.8 Å². The average Bonchev–Trinajstić information content (AvgIpc) is 3.03. The third kappa shape index (κ3) is 5.25. The first-order chi connectivity index (χ1) is 15.2. The fraction of sp³-hybridized carbons (Fsp3) is 0.440. The largest absolute Gasteiger partial charge is 0.497 e. The minimum absolute atomic E-state index is 0.187. The fourth-order valence-electron chi connectivity index (χ4n) is 4.52. The summed E-state index contributed by atoms with van der Waals surface area (Å²) >= 11 is 0. The van der Waals surface area contributed by atoms with Gasteiger partial charge in [-0.2, -0.15) is 5.26 Å². The number of hydrogen-bond donors (Lipinski definition) is 0. The summed E-state index contributed by atoms with van der Waals surface area (Å²) in [5.41, 5.74) is 4.16. The van der Waals surface area contributed by atoms with Gasteiger partial charge < -0.3 is 9.64 Å². The Hall–Kier alpha value is -2.88. The first-order valence-electron chi connectivity index (χ1n) is 11.1. The van der Waals surface area contributed by atoms with E-state index < -0.39 is 0 Å². The topological polar surface area (TPSA) is 59.8 Å². The van der Waals surface area contributed by atoms with Crippen LogP contribution in [0.3, 0.4) is 0 Å². The predicted octanol–water partition coefficient (Wildman–Crippen LogP) is 3.05. The molecule has 1 fully saturated rings. The van der Waals surface area contributed by atoms with Crippen LogP contribution in [0.1, 0.15) is 29.5 Å². The molecule has 2 heterocycles. The molecular weight excluding hydrogens is 388 g/mol. The lowest BCUT2D eigenvalue weighted by Gasteiger charge is -2.31. The number of hydrogen-bond acceptors (Lipinski definition) is 5. The highest BCUT2D eigenvalue weighted by Crippen LogP contribution is 2.30. The molecule has 1 saturated heterocycles. The quantitative estimate of drug-likeness (QED) is 0.747. The zero-order valence-electron chi connectivity index (χ0n) is 18.2. The number of fused-ring (bicyclic) bond motifs is 1. The summed E-state index contributed by atoms with van der Waals surface area (Å²) in [5.74, 6) is 1.04. The van der Waals surface area contributed by atoms with Crippen LogP contribution in [0.25, 0.3) is 0 Å². The van der Waals surface area contributed by atoms with Gasteiger partial charge in [0.25, 0.3) is 0 Å². The maximum atomic E-state index is 13.1. The highest BCUT2D eigenvalue weighted by atomic mass is 16.5. The van der Waals surface area contributed by atoms with Crippen molar-refractivity contribution in [1.82, 2.24) is 9.80 Å². The minimum Gasteiger partial charge on any atom is -0.497 e. The maximum absolute atomic E-state index is 13.1. The van der Waals surface area contributed by atoms with Crippen molar-refractivity contribution in [1.29, 1.82) is 5.26 Å². The summed E-state index contributed by atoms with van der Waals surface area (Å²) in [6.07, 6.45) is 3.03. The van der Waals surface area contributed by atoms with Crippen molar-refractivity contribution >= 4 is 11.6 Å². The lowest BCUT2D eigenvalue weighted by Crippen LogP contribution is -2.43. The van der Waals surface area contributed by atoms with Gasteiger partial charge in [-0.15, -0.1) is 0 Å². The van der Waals surface area contributed by atoms with Gasteiger partial charge in [0.15, 0.2) is 0 Å². The normalized spacial score (nSPS) is 17.5. The predicted molar refractivity (Wildman–Crippen MR) is 121 cm³/mol. The summed E-state index contributed by atoms with van der Waals surface area (Å²) in [7, 11) is 1.68. The van der Waals surface area contributed by atoms with Gasteiger partial charge in [0.2, 0.25) is 5.91 Å². The number of anilines is 1. The lowest BCUT2D eigenvalue weighted by molar-refractivity contribution is -0.119. The Morgan fingerprint density at radius 2 is 1.77 bits per heavy atom. The van der Waals surface area contributed by atoms with Crippen LogP contribution in [0.2, 0.25) is 0 Å². The second kappa shape index (κ2) is 9.95. The molecule has 0 bridgehead atoms. The molecule has 4 rings (SSSR count). The number of carbonyl (C=O) groups is 1. The molecule has 0 aliphatic carbocycles. The first kappa shape index (κ1) is 21.4. The Balaban J connectivity index is 1.33. The van der Waals surface area contributed by atoms with Crippen LogP contribution >= 0.6 is 0 Å². The minimum atomic E-state index is 0.187. The van der Waals surface area contributed by atoms with E-state index in [-0.39, 0.29) is 5.91 Å². The third-order valence-electron chi connectivity index (χ3n) is 6.24. The Morgan fingerprint density at radius 3 is 2.55 bits per heavy atom. The molecule has 2 aliphatic heterocycles. The number of ether oxygens (including phenoxy) is 1. The number of aryl methyl sites for hydroxylation is 1. The highest BCUT2D eigenvalue weighted by molar-refractivity contribution is 5.96. The van der Waals surface area contributed by atoms with Gasteiger partial charge in [-0.3, -0.25) is 14.6 Å². The van der Waals surface area contributed by atoms with Crippen molar-refractivity contribution in [3.05, 3.63) is 59.2 Å². The van der Waals surface area contributed by atoms with E-state index in [9.17, 15) is 4.79 Å². The van der Waals surface area contributed by atoms with Crippen LogP contribution in [-0.2, 0) is 17.8 Å². The first-order valence-corrected chi connectivity index (χ1v) is 11.1. The molecule has 31 heavy (non-hydrogen) atoms. The van der Waals surface area contributed by atoms with Gasteiger partial charge in [0.05, 0.1) is 25.3 Å². The van der Waals surface area contributed by atoms with E-state index in [0.717, 1.165) is 70.0 Å². The Morgan fingerprint density at radius 1 is 1.00 bits per heavy atom. The summed E-state index contributed by atoms with van der Waals surface area (Å²) in [5, 5.41) is 8.96. The molecule has 0 aromatic heterocycles. The molecule has 2 aliphatic rings. The van der Waals surface area contributed by atoms with E-state index in [2.05, 4.69) is 21.9 Å². The highest BCUT2D eigenvalue weighted by Gasteiger charge is 2.25. The van der Waals surface area contributed by atoms with E-state index in [4.69, 9.17) is 10.00 Å². The Kier molecular flexibility index (Phi) is 6.86. The summed E-state index contributed by atoms with van der Waals surface area (Å²) in [6, 6.07) is 16.0. The second-order valence-corrected chi connectivity index (χ2v) is 8.36.